The summed E-state index contributed by atoms with van der Waals surface area (Å²) >= 11 is 12.3. The van der Waals surface area contributed by atoms with Gasteiger partial charge in [0.15, 0.2) is 0 Å². The second kappa shape index (κ2) is 6.65. The second-order valence-electron chi connectivity index (χ2n) is 5.15. The molecule has 108 valence electrons. The van der Waals surface area contributed by atoms with Crippen LogP contribution in [0.25, 0.3) is 5.57 Å². The Morgan fingerprint density at radius 2 is 1.62 bits per heavy atom. The molecule has 0 aromatic heterocycles. The standard InChI is InChI=1S/C18H16Cl2O/c19-15-6-1-4-13(10-15)18(12-17-8-3-9-21-17)14-5-2-7-16(20)11-14/h1-2,4-7,10-12,17H,3,8-9H2. The lowest BCUT2D eigenvalue weighted by Gasteiger charge is -2.12. The zero-order valence-corrected chi connectivity index (χ0v) is 13.1. The van der Waals surface area contributed by atoms with Crippen molar-refractivity contribution in [1.82, 2.24) is 0 Å². The summed E-state index contributed by atoms with van der Waals surface area (Å²) in [6.45, 7) is 0.833. The molecule has 0 radical (unpaired) electrons. The molecule has 0 bridgehead atoms. The van der Waals surface area contributed by atoms with Crippen LogP contribution in [0.4, 0.5) is 0 Å². The van der Waals surface area contributed by atoms with E-state index in [1.54, 1.807) is 0 Å². The minimum atomic E-state index is 0.165. The molecular formula is C18H16Cl2O. The highest BCUT2D eigenvalue weighted by Gasteiger charge is 2.16. The molecule has 0 amide bonds. The molecule has 1 aliphatic heterocycles. The molecule has 1 nitrogen and oxygen atoms in total. The van der Waals surface area contributed by atoms with Crippen molar-refractivity contribution in [3.8, 4) is 0 Å². The lowest BCUT2D eigenvalue weighted by Crippen LogP contribution is -2.02. The van der Waals surface area contributed by atoms with Crippen molar-refractivity contribution in [2.45, 2.75) is 18.9 Å². The number of ether oxygens (including phenoxy) is 1. The topological polar surface area (TPSA) is 9.23 Å². The highest BCUT2D eigenvalue weighted by atomic mass is 35.5. The Labute approximate surface area is 135 Å². The summed E-state index contributed by atoms with van der Waals surface area (Å²) in [5, 5.41) is 1.46. The van der Waals surface area contributed by atoms with Gasteiger partial charge in [0.05, 0.1) is 6.10 Å². The highest BCUT2D eigenvalue weighted by Crippen LogP contribution is 2.29. The molecule has 2 aromatic carbocycles. The predicted octanol–water partition coefficient (Wildman–Crippen LogP) is 5.60. The van der Waals surface area contributed by atoms with Gasteiger partial charge in [-0.1, -0.05) is 47.5 Å². The molecule has 0 aliphatic carbocycles. The van der Waals surface area contributed by atoms with E-state index >= 15 is 0 Å². The lowest BCUT2D eigenvalue weighted by molar-refractivity contribution is 0.146. The van der Waals surface area contributed by atoms with Crippen LogP contribution in [0.15, 0.2) is 54.6 Å². The van der Waals surface area contributed by atoms with Crippen LogP contribution in [0.1, 0.15) is 24.0 Å². The maximum absolute atomic E-state index is 6.14. The van der Waals surface area contributed by atoms with Crippen LogP contribution < -0.4 is 0 Å². The minimum absolute atomic E-state index is 0.165. The molecule has 1 unspecified atom stereocenters. The van der Waals surface area contributed by atoms with Gasteiger partial charge in [0, 0.05) is 16.7 Å². The van der Waals surface area contributed by atoms with Crippen molar-refractivity contribution in [2.24, 2.45) is 0 Å². The van der Waals surface area contributed by atoms with E-state index in [1.165, 1.54) is 0 Å². The summed E-state index contributed by atoms with van der Waals surface area (Å²) < 4.78 is 5.74. The summed E-state index contributed by atoms with van der Waals surface area (Å²) in [6, 6.07) is 15.8. The smallest absolute Gasteiger partial charge is 0.0765 e. The van der Waals surface area contributed by atoms with Crippen molar-refractivity contribution < 1.29 is 4.74 Å². The number of rotatable bonds is 3. The lowest BCUT2D eigenvalue weighted by atomic mass is 9.96. The quantitative estimate of drug-likeness (QED) is 0.715. The average Bonchev–Trinajstić information content (AvgIpc) is 2.98. The molecule has 0 spiro atoms. The Morgan fingerprint density at radius 1 is 1.00 bits per heavy atom. The fraction of sp³-hybridized carbons (Fsp3) is 0.222. The normalized spacial score (nSPS) is 17.7. The zero-order chi connectivity index (χ0) is 14.7. The van der Waals surface area contributed by atoms with Crippen LogP contribution in [0.5, 0.6) is 0 Å². The minimum Gasteiger partial charge on any atom is -0.374 e. The Balaban J connectivity index is 2.06. The van der Waals surface area contributed by atoms with Crippen molar-refractivity contribution in [1.29, 1.82) is 0 Å². The Hall–Kier alpha value is -1.28. The number of halogens is 2. The highest BCUT2D eigenvalue weighted by molar-refractivity contribution is 6.31. The molecule has 2 aromatic rings. The van der Waals surface area contributed by atoms with E-state index < -0.39 is 0 Å². The van der Waals surface area contributed by atoms with Gasteiger partial charge < -0.3 is 4.74 Å². The third-order valence-corrected chi connectivity index (χ3v) is 4.06. The van der Waals surface area contributed by atoms with E-state index in [0.29, 0.717) is 0 Å². The van der Waals surface area contributed by atoms with Crippen molar-refractivity contribution in [3.63, 3.8) is 0 Å². The molecule has 1 heterocycles. The molecule has 3 heteroatoms. The summed E-state index contributed by atoms with van der Waals surface area (Å²) in [5.41, 5.74) is 3.28. The average molecular weight is 319 g/mol. The third-order valence-electron chi connectivity index (χ3n) is 3.59. The molecule has 1 saturated heterocycles. The van der Waals surface area contributed by atoms with E-state index in [9.17, 15) is 0 Å². The largest absolute Gasteiger partial charge is 0.374 e. The van der Waals surface area contributed by atoms with Crippen LogP contribution in [0.2, 0.25) is 10.0 Å². The van der Waals surface area contributed by atoms with Crippen LogP contribution >= 0.6 is 23.2 Å². The van der Waals surface area contributed by atoms with Gasteiger partial charge in [-0.05, 0) is 59.9 Å². The molecule has 0 N–H and O–H groups in total. The van der Waals surface area contributed by atoms with Gasteiger partial charge in [-0.2, -0.15) is 0 Å². The van der Waals surface area contributed by atoms with Gasteiger partial charge in [-0.25, -0.2) is 0 Å². The van der Waals surface area contributed by atoms with Crippen LogP contribution in [0, 0.1) is 0 Å². The van der Waals surface area contributed by atoms with Gasteiger partial charge in [0.1, 0.15) is 0 Å². The van der Waals surface area contributed by atoms with Crippen molar-refractivity contribution in [2.75, 3.05) is 6.61 Å². The van der Waals surface area contributed by atoms with Gasteiger partial charge in [0.25, 0.3) is 0 Å². The van der Waals surface area contributed by atoms with E-state index in [1.807, 2.05) is 36.4 Å². The molecule has 1 atom stereocenters. The van der Waals surface area contributed by atoms with E-state index in [4.69, 9.17) is 27.9 Å². The summed E-state index contributed by atoms with van der Waals surface area (Å²) in [7, 11) is 0. The molecule has 1 aliphatic rings. The first-order chi connectivity index (χ1) is 10.2. The first-order valence-corrected chi connectivity index (χ1v) is 7.83. The van der Waals surface area contributed by atoms with Gasteiger partial charge in [-0.3, -0.25) is 0 Å². The van der Waals surface area contributed by atoms with Gasteiger partial charge in [0.2, 0.25) is 0 Å². The first-order valence-electron chi connectivity index (χ1n) is 7.08. The van der Waals surface area contributed by atoms with E-state index in [-0.39, 0.29) is 6.10 Å². The third kappa shape index (κ3) is 3.68. The van der Waals surface area contributed by atoms with Crippen molar-refractivity contribution in [3.05, 3.63) is 75.8 Å². The summed E-state index contributed by atoms with van der Waals surface area (Å²) in [6.07, 6.45) is 4.52. The number of hydrogen-bond donors (Lipinski definition) is 0. The van der Waals surface area contributed by atoms with Gasteiger partial charge >= 0.3 is 0 Å². The summed E-state index contributed by atoms with van der Waals surface area (Å²) in [5.74, 6) is 0. The Morgan fingerprint density at radius 3 is 2.10 bits per heavy atom. The fourth-order valence-corrected chi connectivity index (χ4v) is 2.97. The molecule has 3 rings (SSSR count). The molecule has 1 fully saturated rings. The number of benzene rings is 2. The Kier molecular flexibility index (Phi) is 4.64. The Bertz CT molecular complexity index is 610. The maximum Gasteiger partial charge on any atom is 0.0765 e. The molecule has 0 saturated carbocycles. The van der Waals surface area contributed by atoms with Crippen LogP contribution in [-0.2, 0) is 4.74 Å². The van der Waals surface area contributed by atoms with Gasteiger partial charge in [-0.15, -0.1) is 0 Å². The predicted molar refractivity (Wildman–Crippen MR) is 89.0 cm³/mol. The van der Waals surface area contributed by atoms with E-state index in [0.717, 1.165) is 46.2 Å². The fourth-order valence-electron chi connectivity index (χ4n) is 2.59. The van der Waals surface area contributed by atoms with E-state index in [2.05, 4.69) is 18.2 Å². The van der Waals surface area contributed by atoms with Crippen LogP contribution in [-0.4, -0.2) is 12.7 Å². The maximum atomic E-state index is 6.14. The molecule has 21 heavy (non-hydrogen) atoms. The monoisotopic (exact) mass is 318 g/mol. The summed E-state index contributed by atoms with van der Waals surface area (Å²) in [4.78, 5) is 0. The van der Waals surface area contributed by atoms with Crippen molar-refractivity contribution >= 4 is 28.8 Å². The zero-order valence-electron chi connectivity index (χ0n) is 11.6. The number of hydrogen-bond acceptors (Lipinski definition) is 1. The second-order valence-corrected chi connectivity index (χ2v) is 6.03. The SMILES string of the molecule is Clc1cccc(C(=CC2CCCO2)c2cccc(Cl)c2)c1. The molecular weight excluding hydrogens is 303 g/mol. The van der Waals surface area contributed by atoms with Crippen LogP contribution in [0.3, 0.4) is 0 Å². The first kappa shape index (κ1) is 14.6.